The predicted molar refractivity (Wildman–Crippen MR) is 68.9 cm³/mol. The number of nitrogens with zero attached hydrogens (tertiary/aromatic N) is 1. The molecule has 0 aliphatic rings. The first-order valence-electron chi connectivity index (χ1n) is 5.27. The third-order valence-corrected chi connectivity index (χ3v) is 2.75. The Kier molecular flexibility index (Phi) is 3.79. The van der Waals surface area contributed by atoms with Crippen molar-refractivity contribution in [2.45, 2.75) is 6.61 Å². The summed E-state index contributed by atoms with van der Waals surface area (Å²) in [4.78, 5) is 10.2. The van der Waals surface area contributed by atoms with Crippen molar-refractivity contribution in [3.63, 3.8) is 0 Å². The summed E-state index contributed by atoms with van der Waals surface area (Å²) < 4.78 is 5.50. The standard InChI is InChI=1S/C13H10ClNO3/c14-13-7-6-11(15(16)17)8-10(13)9-18-12-4-2-1-3-5-12/h1-8H,9H2. The second-order valence-electron chi connectivity index (χ2n) is 3.63. The number of hydrogen-bond acceptors (Lipinski definition) is 3. The predicted octanol–water partition coefficient (Wildman–Crippen LogP) is 3.83. The van der Waals surface area contributed by atoms with Crippen LogP contribution in [-0.4, -0.2) is 4.92 Å². The van der Waals surface area contributed by atoms with Crippen molar-refractivity contribution in [3.05, 3.63) is 69.2 Å². The Morgan fingerprint density at radius 1 is 1.17 bits per heavy atom. The van der Waals surface area contributed by atoms with Crippen molar-refractivity contribution in [2.75, 3.05) is 0 Å². The molecule has 0 aliphatic heterocycles. The van der Waals surface area contributed by atoms with Gasteiger partial charge < -0.3 is 4.74 Å². The number of halogens is 1. The molecule has 2 aromatic rings. The van der Waals surface area contributed by atoms with E-state index in [1.54, 1.807) is 0 Å². The Morgan fingerprint density at radius 3 is 2.56 bits per heavy atom. The molecule has 0 radical (unpaired) electrons. The minimum atomic E-state index is -0.456. The topological polar surface area (TPSA) is 52.4 Å². The second-order valence-corrected chi connectivity index (χ2v) is 4.04. The summed E-state index contributed by atoms with van der Waals surface area (Å²) in [6, 6.07) is 13.5. The van der Waals surface area contributed by atoms with E-state index in [9.17, 15) is 10.1 Å². The van der Waals surface area contributed by atoms with E-state index in [-0.39, 0.29) is 12.3 Å². The number of hydrogen-bond donors (Lipinski definition) is 0. The Labute approximate surface area is 109 Å². The lowest BCUT2D eigenvalue weighted by Crippen LogP contribution is -1.98. The van der Waals surface area contributed by atoms with Crippen molar-refractivity contribution < 1.29 is 9.66 Å². The number of nitro groups is 1. The normalized spacial score (nSPS) is 10.1. The molecule has 0 saturated carbocycles. The summed E-state index contributed by atoms with van der Waals surface area (Å²) in [5.74, 6) is 0.695. The Bertz CT molecular complexity index is 557. The molecule has 92 valence electrons. The van der Waals surface area contributed by atoms with Gasteiger partial charge in [0.05, 0.1) is 4.92 Å². The smallest absolute Gasteiger partial charge is 0.269 e. The third-order valence-electron chi connectivity index (χ3n) is 2.38. The highest BCUT2D eigenvalue weighted by Gasteiger charge is 2.10. The lowest BCUT2D eigenvalue weighted by molar-refractivity contribution is -0.384. The van der Waals surface area contributed by atoms with Crippen molar-refractivity contribution in [1.82, 2.24) is 0 Å². The summed E-state index contributed by atoms with van der Waals surface area (Å²) in [5, 5.41) is 11.1. The highest BCUT2D eigenvalue weighted by molar-refractivity contribution is 6.31. The van der Waals surface area contributed by atoms with E-state index in [1.165, 1.54) is 18.2 Å². The van der Waals surface area contributed by atoms with Crippen molar-refractivity contribution >= 4 is 17.3 Å². The van der Waals surface area contributed by atoms with Gasteiger partial charge in [-0.05, 0) is 18.2 Å². The lowest BCUT2D eigenvalue weighted by atomic mass is 10.2. The molecule has 4 nitrogen and oxygen atoms in total. The number of para-hydroxylation sites is 1. The molecule has 0 amide bonds. The van der Waals surface area contributed by atoms with Gasteiger partial charge in [0.1, 0.15) is 12.4 Å². The molecule has 0 N–H and O–H groups in total. The van der Waals surface area contributed by atoms with E-state index in [0.29, 0.717) is 16.3 Å². The maximum absolute atomic E-state index is 10.7. The Balaban J connectivity index is 2.14. The Morgan fingerprint density at radius 2 is 1.89 bits per heavy atom. The van der Waals surface area contributed by atoms with Crippen LogP contribution >= 0.6 is 11.6 Å². The first kappa shape index (κ1) is 12.4. The molecule has 5 heteroatoms. The summed E-state index contributed by atoms with van der Waals surface area (Å²) in [6.45, 7) is 0.199. The van der Waals surface area contributed by atoms with Gasteiger partial charge in [0.2, 0.25) is 0 Å². The SMILES string of the molecule is O=[N+]([O-])c1ccc(Cl)c(COc2ccccc2)c1. The maximum atomic E-state index is 10.7. The second kappa shape index (κ2) is 5.51. The molecule has 0 heterocycles. The first-order chi connectivity index (χ1) is 8.66. The highest BCUT2D eigenvalue weighted by atomic mass is 35.5. The van der Waals surface area contributed by atoms with Gasteiger partial charge in [0.25, 0.3) is 5.69 Å². The number of rotatable bonds is 4. The van der Waals surface area contributed by atoms with Gasteiger partial charge in [-0.2, -0.15) is 0 Å². The van der Waals surface area contributed by atoms with E-state index < -0.39 is 4.92 Å². The number of ether oxygens (including phenoxy) is 1. The van der Waals surface area contributed by atoms with E-state index in [2.05, 4.69) is 0 Å². The molecular formula is C13H10ClNO3. The highest BCUT2D eigenvalue weighted by Crippen LogP contribution is 2.23. The number of benzene rings is 2. The van der Waals surface area contributed by atoms with E-state index in [4.69, 9.17) is 16.3 Å². The zero-order valence-corrected chi connectivity index (χ0v) is 10.1. The average Bonchev–Trinajstić information content (AvgIpc) is 2.38. The molecule has 0 atom stereocenters. The largest absolute Gasteiger partial charge is 0.489 e. The molecular weight excluding hydrogens is 254 g/mol. The van der Waals surface area contributed by atoms with Crippen molar-refractivity contribution in [3.8, 4) is 5.75 Å². The van der Waals surface area contributed by atoms with Crippen LogP contribution in [0.1, 0.15) is 5.56 Å². The van der Waals surface area contributed by atoms with Gasteiger partial charge in [-0.3, -0.25) is 10.1 Å². The molecule has 0 unspecified atom stereocenters. The molecule has 18 heavy (non-hydrogen) atoms. The van der Waals surface area contributed by atoms with Crippen LogP contribution < -0.4 is 4.74 Å². The van der Waals surface area contributed by atoms with Gasteiger partial charge in [-0.15, -0.1) is 0 Å². The maximum Gasteiger partial charge on any atom is 0.269 e. The van der Waals surface area contributed by atoms with E-state index in [1.807, 2.05) is 30.3 Å². The van der Waals surface area contributed by atoms with Crippen molar-refractivity contribution in [2.24, 2.45) is 0 Å². The van der Waals surface area contributed by atoms with Crippen LogP contribution in [0.25, 0.3) is 0 Å². The molecule has 2 rings (SSSR count). The minimum Gasteiger partial charge on any atom is -0.489 e. The minimum absolute atomic E-state index is 0.00561. The number of non-ortho nitro benzene ring substituents is 1. The molecule has 2 aromatic carbocycles. The fourth-order valence-corrected chi connectivity index (χ4v) is 1.64. The lowest BCUT2D eigenvalue weighted by Gasteiger charge is -2.07. The summed E-state index contributed by atoms with van der Waals surface area (Å²) in [5.41, 5.74) is 0.598. The average molecular weight is 264 g/mol. The third kappa shape index (κ3) is 2.99. The van der Waals surface area contributed by atoms with Gasteiger partial charge in [-0.25, -0.2) is 0 Å². The fourth-order valence-electron chi connectivity index (χ4n) is 1.46. The van der Waals surface area contributed by atoms with Crippen LogP contribution in [-0.2, 0) is 6.61 Å². The zero-order chi connectivity index (χ0) is 13.0. The quantitative estimate of drug-likeness (QED) is 0.622. The molecule has 0 bridgehead atoms. The van der Waals surface area contributed by atoms with Crippen LogP contribution in [0.3, 0.4) is 0 Å². The summed E-state index contributed by atoms with van der Waals surface area (Å²) in [6.07, 6.45) is 0. The molecule has 0 fully saturated rings. The van der Waals surface area contributed by atoms with Gasteiger partial charge in [0, 0.05) is 22.7 Å². The molecule has 0 spiro atoms. The summed E-state index contributed by atoms with van der Waals surface area (Å²) in [7, 11) is 0. The van der Waals surface area contributed by atoms with Gasteiger partial charge in [-0.1, -0.05) is 29.8 Å². The zero-order valence-electron chi connectivity index (χ0n) is 9.38. The fraction of sp³-hybridized carbons (Fsp3) is 0.0769. The van der Waals surface area contributed by atoms with Crippen LogP contribution in [0.5, 0.6) is 5.75 Å². The van der Waals surface area contributed by atoms with Crippen molar-refractivity contribution in [1.29, 1.82) is 0 Å². The van der Waals surface area contributed by atoms with Crippen LogP contribution in [0.4, 0.5) is 5.69 Å². The van der Waals surface area contributed by atoms with Gasteiger partial charge in [0.15, 0.2) is 0 Å². The Hall–Kier alpha value is -2.07. The van der Waals surface area contributed by atoms with Crippen LogP contribution in [0.2, 0.25) is 5.02 Å². The van der Waals surface area contributed by atoms with Gasteiger partial charge >= 0.3 is 0 Å². The molecule has 0 saturated heterocycles. The van der Waals surface area contributed by atoms with Crippen LogP contribution in [0.15, 0.2) is 48.5 Å². The first-order valence-corrected chi connectivity index (χ1v) is 5.65. The van der Waals surface area contributed by atoms with Crippen LogP contribution in [0, 0.1) is 10.1 Å². The molecule has 0 aromatic heterocycles. The van der Waals surface area contributed by atoms with E-state index >= 15 is 0 Å². The monoisotopic (exact) mass is 263 g/mol. The van der Waals surface area contributed by atoms with E-state index in [0.717, 1.165) is 0 Å². The number of nitro benzene ring substituents is 1. The molecule has 0 aliphatic carbocycles. The summed E-state index contributed by atoms with van der Waals surface area (Å²) >= 11 is 5.96.